The molecule has 0 radical (unpaired) electrons. The zero-order chi connectivity index (χ0) is 12.0. The predicted molar refractivity (Wildman–Crippen MR) is 66.1 cm³/mol. The third-order valence-electron chi connectivity index (χ3n) is 2.45. The van der Waals surface area contributed by atoms with Gasteiger partial charge in [0.25, 0.3) is 0 Å². The van der Waals surface area contributed by atoms with Crippen molar-refractivity contribution in [1.82, 2.24) is 20.3 Å². The first-order valence-corrected chi connectivity index (χ1v) is 6.20. The molecule has 0 amide bonds. The molecular weight excluding hydrogens is 200 g/mol. The molecular formula is C12H24N4. The van der Waals surface area contributed by atoms with Crippen LogP contribution in [0.15, 0.2) is 6.20 Å². The van der Waals surface area contributed by atoms with E-state index in [1.807, 2.05) is 10.9 Å². The highest BCUT2D eigenvalue weighted by molar-refractivity contribution is 4.91. The van der Waals surface area contributed by atoms with Gasteiger partial charge in [0.1, 0.15) is 0 Å². The molecule has 0 aromatic carbocycles. The summed E-state index contributed by atoms with van der Waals surface area (Å²) in [6.45, 7) is 10.5. The quantitative estimate of drug-likeness (QED) is 0.772. The second-order valence-corrected chi connectivity index (χ2v) is 5.04. The predicted octanol–water partition coefficient (Wildman–Crippen LogP) is 2.21. The minimum Gasteiger partial charge on any atom is -0.309 e. The average Bonchev–Trinajstić information content (AvgIpc) is 2.62. The molecule has 92 valence electrons. The molecule has 16 heavy (non-hydrogen) atoms. The second kappa shape index (κ2) is 6.63. The van der Waals surface area contributed by atoms with Gasteiger partial charge >= 0.3 is 0 Å². The Morgan fingerprint density at radius 1 is 1.31 bits per heavy atom. The van der Waals surface area contributed by atoms with E-state index in [1.165, 1.54) is 12.8 Å². The average molecular weight is 224 g/mol. The number of hydrogen-bond donors (Lipinski definition) is 1. The third-order valence-corrected chi connectivity index (χ3v) is 2.45. The van der Waals surface area contributed by atoms with Crippen LogP contribution in [0.2, 0.25) is 0 Å². The highest BCUT2D eigenvalue weighted by Crippen LogP contribution is 2.05. The van der Waals surface area contributed by atoms with E-state index in [1.54, 1.807) is 0 Å². The Morgan fingerprint density at radius 2 is 2.06 bits per heavy atom. The van der Waals surface area contributed by atoms with Crippen molar-refractivity contribution in [3.05, 3.63) is 11.9 Å². The Morgan fingerprint density at radius 3 is 2.69 bits per heavy atom. The monoisotopic (exact) mass is 224 g/mol. The molecule has 0 saturated heterocycles. The van der Waals surface area contributed by atoms with Gasteiger partial charge in [0.2, 0.25) is 0 Å². The number of nitrogens with zero attached hydrogens (tertiary/aromatic N) is 3. The molecule has 0 atom stereocenters. The molecule has 1 aromatic rings. The van der Waals surface area contributed by atoms with Crippen LogP contribution in [0, 0.1) is 5.92 Å². The topological polar surface area (TPSA) is 42.7 Å². The summed E-state index contributed by atoms with van der Waals surface area (Å²) < 4.78 is 1.94. The van der Waals surface area contributed by atoms with Crippen LogP contribution >= 0.6 is 0 Å². The third kappa shape index (κ3) is 5.26. The van der Waals surface area contributed by atoms with E-state index < -0.39 is 0 Å². The van der Waals surface area contributed by atoms with E-state index in [0.717, 1.165) is 24.7 Å². The molecule has 0 spiro atoms. The zero-order valence-corrected chi connectivity index (χ0v) is 10.9. The van der Waals surface area contributed by atoms with Crippen LogP contribution in [-0.2, 0) is 13.1 Å². The highest BCUT2D eigenvalue weighted by Gasteiger charge is 2.02. The van der Waals surface area contributed by atoms with Gasteiger partial charge < -0.3 is 5.32 Å². The van der Waals surface area contributed by atoms with E-state index in [2.05, 4.69) is 43.3 Å². The van der Waals surface area contributed by atoms with E-state index in [4.69, 9.17) is 0 Å². The van der Waals surface area contributed by atoms with E-state index in [0.29, 0.717) is 6.04 Å². The second-order valence-electron chi connectivity index (χ2n) is 5.04. The highest BCUT2D eigenvalue weighted by atomic mass is 15.4. The fraction of sp³-hybridized carbons (Fsp3) is 0.833. The van der Waals surface area contributed by atoms with Gasteiger partial charge in [0.05, 0.1) is 5.69 Å². The Bertz CT molecular complexity index is 291. The van der Waals surface area contributed by atoms with Crippen LogP contribution in [0.5, 0.6) is 0 Å². The Labute approximate surface area is 98.4 Å². The molecule has 1 rings (SSSR count). The summed E-state index contributed by atoms with van der Waals surface area (Å²) in [5.41, 5.74) is 1.03. The van der Waals surface area contributed by atoms with Crippen LogP contribution in [0.25, 0.3) is 0 Å². The van der Waals surface area contributed by atoms with Gasteiger partial charge in [-0.05, 0) is 18.8 Å². The summed E-state index contributed by atoms with van der Waals surface area (Å²) in [5.74, 6) is 0.769. The largest absolute Gasteiger partial charge is 0.309 e. The van der Waals surface area contributed by atoms with Gasteiger partial charge in [-0.3, -0.25) is 4.68 Å². The summed E-state index contributed by atoms with van der Waals surface area (Å²) in [6, 6.07) is 0.492. The molecule has 0 aliphatic heterocycles. The minimum absolute atomic E-state index is 0.492. The molecule has 1 aromatic heterocycles. The summed E-state index contributed by atoms with van der Waals surface area (Å²) in [6.07, 6.45) is 4.47. The van der Waals surface area contributed by atoms with Crippen molar-refractivity contribution in [2.24, 2.45) is 5.92 Å². The minimum atomic E-state index is 0.492. The van der Waals surface area contributed by atoms with Gasteiger partial charge in [-0.2, -0.15) is 0 Å². The fourth-order valence-corrected chi connectivity index (χ4v) is 1.50. The van der Waals surface area contributed by atoms with Crippen molar-refractivity contribution in [3.63, 3.8) is 0 Å². The molecule has 4 nitrogen and oxygen atoms in total. The number of hydrogen-bond acceptors (Lipinski definition) is 3. The lowest BCUT2D eigenvalue weighted by atomic mass is 10.1. The van der Waals surface area contributed by atoms with Crippen molar-refractivity contribution < 1.29 is 0 Å². The number of aryl methyl sites for hydroxylation is 1. The number of nitrogens with one attached hydrogen (secondary N) is 1. The van der Waals surface area contributed by atoms with Gasteiger partial charge in [0.15, 0.2) is 0 Å². The Balaban J connectivity index is 2.28. The molecule has 0 fully saturated rings. The molecule has 4 heteroatoms. The standard InChI is InChI=1S/C12H24N4/c1-10(2)6-5-7-16-9-12(14-15-16)8-13-11(3)4/h9-11,13H,5-8H2,1-4H3. The first-order chi connectivity index (χ1) is 7.58. The van der Waals surface area contributed by atoms with Crippen molar-refractivity contribution >= 4 is 0 Å². The smallest absolute Gasteiger partial charge is 0.0964 e. The molecule has 0 aliphatic rings. The lowest BCUT2D eigenvalue weighted by Gasteiger charge is -2.04. The Hall–Kier alpha value is -0.900. The lowest BCUT2D eigenvalue weighted by Crippen LogP contribution is -2.21. The number of rotatable bonds is 7. The maximum atomic E-state index is 4.14. The van der Waals surface area contributed by atoms with Crippen LogP contribution < -0.4 is 5.32 Å². The van der Waals surface area contributed by atoms with Crippen molar-refractivity contribution in [2.75, 3.05) is 0 Å². The number of aromatic nitrogens is 3. The molecule has 0 saturated carbocycles. The SMILES string of the molecule is CC(C)CCCn1cc(CNC(C)C)nn1. The van der Waals surface area contributed by atoms with Crippen LogP contribution in [0.1, 0.15) is 46.2 Å². The first kappa shape index (κ1) is 13.2. The summed E-state index contributed by atoms with van der Waals surface area (Å²) in [5, 5.41) is 11.6. The first-order valence-electron chi connectivity index (χ1n) is 6.20. The maximum absolute atomic E-state index is 4.14. The molecule has 1 heterocycles. The van der Waals surface area contributed by atoms with Crippen molar-refractivity contribution in [3.8, 4) is 0 Å². The van der Waals surface area contributed by atoms with Crippen LogP contribution in [-0.4, -0.2) is 21.0 Å². The van der Waals surface area contributed by atoms with Gasteiger partial charge in [-0.1, -0.05) is 32.9 Å². The summed E-state index contributed by atoms with van der Waals surface area (Å²) in [4.78, 5) is 0. The molecule has 0 bridgehead atoms. The fourth-order valence-electron chi connectivity index (χ4n) is 1.50. The van der Waals surface area contributed by atoms with Crippen molar-refractivity contribution in [1.29, 1.82) is 0 Å². The normalized spacial score (nSPS) is 11.6. The molecule has 0 aliphatic carbocycles. The zero-order valence-electron chi connectivity index (χ0n) is 10.9. The van der Waals surface area contributed by atoms with Crippen molar-refractivity contribution in [2.45, 2.75) is 59.7 Å². The van der Waals surface area contributed by atoms with E-state index in [9.17, 15) is 0 Å². The molecule has 0 unspecified atom stereocenters. The molecule has 1 N–H and O–H groups in total. The van der Waals surface area contributed by atoms with Gasteiger partial charge in [-0.25, -0.2) is 0 Å². The summed E-state index contributed by atoms with van der Waals surface area (Å²) in [7, 11) is 0. The van der Waals surface area contributed by atoms with Gasteiger partial charge in [-0.15, -0.1) is 5.10 Å². The maximum Gasteiger partial charge on any atom is 0.0964 e. The van der Waals surface area contributed by atoms with E-state index >= 15 is 0 Å². The van der Waals surface area contributed by atoms with Gasteiger partial charge in [0, 0.05) is 25.3 Å². The van der Waals surface area contributed by atoms with Crippen LogP contribution in [0.4, 0.5) is 0 Å². The lowest BCUT2D eigenvalue weighted by molar-refractivity contribution is 0.482. The van der Waals surface area contributed by atoms with E-state index in [-0.39, 0.29) is 0 Å². The summed E-state index contributed by atoms with van der Waals surface area (Å²) >= 11 is 0. The van der Waals surface area contributed by atoms with Crippen LogP contribution in [0.3, 0.4) is 0 Å². The Kier molecular flexibility index (Phi) is 5.46.